The molecule has 0 aromatic heterocycles. The molecular formula is C22H17F3N2O3. The molecule has 154 valence electrons. The fraction of sp³-hybridized carbons (Fsp3) is 0.0909. The summed E-state index contributed by atoms with van der Waals surface area (Å²) in [5, 5.41) is 13.1. The molecule has 2 N–H and O–H groups in total. The van der Waals surface area contributed by atoms with E-state index in [1.807, 2.05) is 0 Å². The number of amides is 1. The molecule has 0 aliphatic heterocycles. The van der Waals surface area contributed by atoms with Crippen LogP contribution in [0.2, 0.25) is 0 Å². The molecule has 1 amide bonds. The molecule has 5 nitrogen and oxygen atoms in total. The Bertz CT molecular complexity index is 1050. The average molecular weight is 414 g/mol. The lowest BCUT2D eigenvalue weighted by Gasteiger charge is -2.10. The Morgan fingerprint density at radius 2 is 1.77 bits per heavy atom. The number of aromatic hydroxyl groups is 1. The van der Waals surface area contributed by atoms with Crippen molar-refractivity contribution in [3.63, 3.8) is 0 Å². The van der Waals surface area contributed by atoms with Crippen LogP contribution in [0.3, 0.4) is 0 Å². The Kier molecular flexibility index (Phi) is 6.36. The zero-order chi connectivity index (χ0) is 21.6. The summed E-state index contributed by atoms with van der Waals surface area (Å²) >= 11 is 0. The minimum absolute atomic E-state index is 0.0257. The minimum atomic E-state index is -4.41. The van der Waals surface area contributed by atoms with Crippen molar-refractivity contribution >= 4 is 12.1 Å². The van der Waals surface area contributed by atoms with Gasteiger partial charge in [0.25, 0.3) is 5.91 Å². The first kappa shape index (κ1) is 20.9. The van der Waals surface area contributed by atoms with Crippen LogP contribution in [0, 0.1) is 0 Å². The number of carbonyl (C=O) groups excluding carboxylic acids is 1. The molecule has 0 spiro atoms. The molecule has 0 saturated carbocycles. The SMILES string of the molecule is O=C(NN=Cc1cccc(OCc2cccc(C(F)(F)F)c2)c1)c1ccc(O)cc1. The Balaban J connectivity index is 1.59. The van der Waals surface area contributed by atoms with Gasteiger partial charge in [-0.25, -0.2) is 5.43 Å². The molecule has 0 unspecified atom stereocenters. The second-order valence-corrected chi connectivity index (χ2v) is 6.31. The van der Waals surface area contributed by atoms with Crippen LogP contribution in [-0.4, -0.2) is 17.2 Å². The lowest BCUT2D eigenvalue weighted by molar-refractivity contribution is -0.137. The van der Waals surface area contributed by atoms with Crippen molar-refractivity contribution in [3.8, 4) is 11.5 Å². The van der Waals surface area contributed by atoms with Gasteiger partial charge in [0.05, 0.1) is 11.8 Å². The van der Waals surface area contributed by atoms with Crippen molar-refractivity contribution in [2.45, 2.75) is 12.8 Å². The van der Waals surface area contributed by atoms with E-state index in [2.05, 4.69) is 10.5 Å². The van der Waals surface area contributed by atoms with Gasteiger partial charge in [0.1, 0.15) is 18.1 Å². The lowest BCUT2D eigenvalue weighted by atomic mass is 10.1. The summed E-state index contributed by atoms with van der Waals surface area (Å²) in [6.07, 6.45) is -2.99. The number of rotatable bonds is 6. The van der Waals surface area contributed by atoms with E-state index in [1.54, 1.807) is 30.3 Å². The Labute approximate surface area is 170 Å². The third-order valence-corrected chi connectivity index (χ3v) is 4.03. The highest BCUT2D eigenvalue weighted by Gasteiger charge is 2.30. The van der Waals surface area contributed by atoms with E-state index < -0.39 is 17.6 Å². The number of nitrogens with one attached hydrogen (secondary N) is 1. The van der Waals surface area contributed by atoms with Crippen LogP contribution in [0.1, 0.15) is 27.0 Å². The van der Waals surface area contributed by atoms with Gasteiger partial charge in [-0.15, -0.1) is 0 Å². The third-order valence-electron chi connectivity index (χ3n) is 4.03. The zero-order valence-electron chi connectivity index (χ0n) is 15.6. The first-order valence-electron chi connectivity index (χ1n) is 8.83. The van der Waals surface area contributed by atoms with E-state index >= 15 is 0 Å². The molecule has 3 aromatic rings. The molecule has 3 rings (SSSR count). The summed E-state index contributed by atoms with van der Waals surface area (Å²) < 4.78 is 43.9. The van der Waals surface area contributed by atoms with Gasteiger partial charge in [0.2, 0.25) is 0 Å². The van der Waals surface area contributed by atoms with Crippen LogP contribution in [0.25, 0.3) is 0 Å². The number of nitrogens with zero attached hydrogens (tertiary/aromatic N) is 1. The number of phenols is 1. The predicted octanol–water partition coefficient (Wildman–Crippen LogP) is 4.75. The molecular weight excluding hydrogens is 397 g/mol. The number of ether oxygens (including phenoxy) is 1. The van der Waals surface area contributed by atoms with Crippen LogP contribution in [0.5, 0.6) is 11.5 Å². The maximum absolute atomic E-state index is 12.8. The summed E-state index contributed by atoms with van der Waals surface area (Å²) in [4.78, 5) is 12.0. The quantitative estimate of drug-likeness (QED) is 0.452. The highest BCUT2D eigenvalue weighted by Crippen LogP contribution is 2.29. The highest BCUT2D eigenvalue weighted by molar-refractivity contribution is 5.95. The minimum Gasteiger partial charge on any atom is -0.508 e. The molecule has 0 heterocycles. The summed E-state index contributed by atoms with van der Waals surface area (Å²) in [5.41, 5.74) is 3.00. The van der Waals surface area contributed by atoms with Gasteiger partial charge < -0.3 is 9.84 Å². The van der Waals surface area contributed by atoms with Gasteiger partial charge in [-0.3, -0.25) is 4.79 Å². The van der Waals surface area contributed by atoms with Gasteiger partial charge in [0, 0.05) is 5.56 Å². The summed E-state index contributed by atoms with van der Waals surface area (Å²) in [6.45, 7) is -0.0257. The normalized spacial score (nSPS) is 11.4. The van der Waals surface area contributed by atoms with Crippen molar-refractivity contribution in [3.05, 3.63) is 95.1 Å². The first-order chi connectivity index (χ1) is 14.3. The maximum Gasteiger partial charge on any atom is 0.416 e. The molecule has 0 radical (unpaired) electrons. The molecule has 30 heavy (non-hydrogen) atoms. The van der Waals surface area contributed by atoms with Crippen LogP contribution >= 0.6 is 0 Å². The fourth-order valence-corrected chi connectivity index (χ4v) is 2.53. The van der Waals surface area contributed by atoms with Crippen molar-refractivity contribution in [2.24, 2.45) is 5.10 Å². The Morgan fingerprint density at radius 3 is 2.50 bits per heavy atom. The third kappa shape index (κ3) is 5.84. The van der Waals surface area contributed by atoms with Crippen molar-refractivity contribution < 1.29 is 27.8 Å². The second kappa shape index (κ2) is 9.13. The molecule has 8 heteroatoms. The molecule has 0 bridgehead atoms. The van der Waals surface area contributed by atoms with Gasteiger partial charge in [0.15, 0.2) is 0 Å². The van der Waals surface area contributed by atoms with E-state index in [0.717, 1.165) is 12.1 Å². The van der Waals surface area contributed by atoms with Crippen molar-refractivity contribution in [1.82, 2.24) is 5.43 Å². The van der Waals surface area contributed by atoms with Crippen LogP contribution in [0.4, 0.5) is 13.2 Å². The first-order valence-corrected chi connectivity index (χ1v) is 8.83. The average Bonchev–Trinajstić information content (AvgIpc) is 2.73. The van der Waals surface area contributed by atoms with Crippen molar-refractivity contribution in [2.75, 3.05) is 0 Å². The Morgan fingerprint density at radius 1 is 1.03 bits per heavy atom. The second-order valence-electron chi connectivity index (χ2n) is 6.31. The fourth-order valence-electron chi connectivity index (χ4n) is 2.53. The molecule has 3 aromatic carbocycles. The molecule has 0 fully saturated rings. The van der Waals surface area contributed by atoms with Crippen LogP contribution < -0.4 is 10.2 Å². The molecule has 0 aliphatic carbocycles. The number of hydrogen-bond acceptors (Lipinski definition) is 4. The number of carbonyl (C=O) groups is 1. The van der Waals surface area contributed by atoms with Gasteiger partial charge >= 0.3 is 6.18 Å². The van der Waals surface area contributed by atoms with E-state index in [1.165, 1.54) is 36.5 Å². The molecule has 0 atom stereocenters. The highest BCUT2D eigenvalue weighted by atomic mass is 19.4. The largest absolute Gasteiger partial charge is 0.508 e. The maximum atomic E-state index is 12.8. The van der Waals surface area contributed by atoms with E-state index in [9.17, 15) is 23.1 Å². The summed E-state index contributed by atoms with van der Waals surface area (Å²) in [5.74, 6) is 0.0569. The van der Waals surface area contributed by atoms with Gasteiger partial charge in [-0.1, -0.05) is 24.3 Å². The summed E-state index contributed by atoms with van der Waals surface area (Å²) in [7, 11) is 0. The summed E-state index contributed by atoms with van der Waals surface area (Å²) in [6, 6.07) is 17.4. The monoisotopic (exact) mass is 414 g/mol. The number of benzene rings is 3. The Hall–Kier alpha value is -3.81. The number of halogens is 3. The van der Waals surface area contributed by atoms with Gasteiger partial charge in [-0.2, -0.15) is 18.3 Å². The van der Waals surface area contributed by atoms with Gasteiger partial charge in [-0.05, 0) is 59.7 Å². The topological polar surface area (TPSA) is 70.9 Å². The zero-order valence-corrected chi connectivity index (χ0v) is 15.6. The molecule has 0 saturated heterocycles. The van der Waals surface area contributed by atoms with Crippen molar-refractivity contribution in [1.29, 1.82) is 0 Å². The van der Waals surface area contributed by atoms with E-state index in [4.69, 9.17) is 4.74 Å². The van der Waals surface area contributed by atoms with Crippen LogP contribution in [0.15, 0.2) is 77.9 Å². The number of alkyl halides is 3. The lowest BCUT2D eigenvalue weighted by Crippen LogP contribution is -2.17. The standard InChI is InChI=1S/C22H17F3N2O3/c23-22(24,25)18-5-1-4-16(11-18)14-30-20-6-2-3-15(12-20)13-26-27-21(29)17-7-9-19(28)10-8-17/h1-13,28H,14H2,(H,27,29). The smallest absolute Gasteiger partial charge is 0.416 e. The predicted molar refractivity (Wildman–Crippen MR) is 105 cm³/mol. The van der Waals surface area contributed by atoms with E-state index in [-0.39, 0.29) is 12.4 Å². The van der Waals surface area contributed by atoms with E-state index in [0.29, 0.717) is 22.4 Å². The van der Waals surface area contributed by atoms with Crippen LogP contribution in [-0.2, 0) is 12.8 Å². The number of hydrazone groups is 1. The number of hydrogen-bond donors (Lipinski definition) is 2. The molecule has 0 aliphatic rings. The number of phenolic OH excluding ortho intramolecular Hbond substituents is 1.